The Morgan fingerprint density at radius 3 is 2.96 bits per heavy atom. The second kappa shape index (κ2) is 8.73. The molecule has 0 aromatic carbocycles. The molecular formula is C18H24N4O3. The lowest BCUT2D eigenvalue weighted by molar-refractivity contribution is -0.137. The van der Waals surface area contributed by atoms with Crippen molar-refractivity contribution < 1.29 is 14.3 Å². The summed E-state index contributed by atoms with van der Waals surface area (Å²) in [5.74, 6) is 0.182. The van der Waals surface area contributed by atoms with Crippen LogP contribution >= 0.6 is 0 Å². The molecule has 0 radical (unpaired) electrons. The molecule has 1 atom stereocenters. The standard InChI is InChI=1S/C18H24N4O3/c1-2-24-14-18(23)21-9-15(10-22-17(11-21)6-8-20-22)12-25-13-16-5-3-4-7-19-16/h3-8,15H,2,9-14H2,1H3. The largest absolute Gasteiger partial charge is 0.375 e. The maximum atomic E-state index is 12.4. The molecule has 0 N–H and O–H groups in total. The van der Waals surface area contributed by atoms with Crippen molar-refractivity contribution in [1.29, 1.82) is 0 Å². The van der Waals surface area contributed by atoms with Gasteiger partial charge in [0.2, 0.25) is 5.91 Å². The van der Waals surface area contributed by atoms with E-state index in [1.165, 1.54) is 0 Å². The zero-order chi connectivity index (χ0) is 17.5. The molecule has 3 rings (SSSR count). The molecule has 7 nitrogen and oxygen atoms in total. The SMILES string of the molecule is CCOCC(=O)N1Cc2ccnn2CC(COCc2ccccn2)C1. The third-order valence-electron chi connectivity index (χ3n) is 4.18. The van der Waals surface area contributed by atoms with Gasteiger partial charge >= 0.3 is 0 Å². The highest BCUT2D eigenvalue weighted by atomic mass is 16.5. The number of ether oxygens (including phenoxy) is 2. The van der Waals surface area contributed by atoms with Gasteiger partial charge in [-0.25, -0.2) is 0 Å². The minimum absolute atomic E-state index is 0.00576. The summed E-state index contributed by atoms with van der Waals surface area (Å²) in [6, 6.07) is 7.73. The topological polar surface area (TPSA) is 69.5 Å². The smallest absolute Gasteiger partial charge is 0.248 e. The number of carbonyl (C=O) groups is 1. The van der Waals surface area contributed by atoms with Crippen molar-refractivity contribution in [3.8, 4) is 0 Å². The highest BCUT2D eigenvalue weighted by Crippen LogP contribution is 2.17. The Hall–Kier alpha value is -2.25. The van der Waals surface area contributed by atoms with Crippen LogP contribution < -0.4 is 0 Å². The molecular weight excluding hydrogens is 320 g/mol. The van der Waals surface area contributed by atoms with Gasteiger partial charge in [0.1, 0.15) is 6.61 Å². The van der Waals surface area contributed by atoms with Gasteiger partial charge in [-0.2, -0.15) is 5.10 Å². The van der Waals surface area contributed by atoms with Gasteiger partial charge in [-0.15, -0.1) is 0 Å². The van der Waals surface area contributed by atoms with Gasteiger partial charge in [-0.3, -0.25) is 14.5 Å². The van der Waals surface area contributed by atoms with E-state index < -0.39 is 0 Å². The molecule has 1 aliphatic rings. The molecule has 3 heterocycles. The van der Waals surface area contributed by atoms with Crippen molar-refractivity contribution in [3.63, 3.8) is 0 Å². The minimum atomic E-state index is 0.00576. The normalized spacial score (nSPS) is 17.2. The van der Waals surface area contributed by atoms with Crippen LogP contribution in [0.5, 0.6) is 0 Å². The zero-order valence-electron chi connectivity index (χ0n) is 14.5. The predicted octanol–water partition coefficient (Wildman–Crippen LogP) is 1.49. The second-order valence-corrected chi connectivity index (χ2v) is 6.12. The fourth-order valence-electron chi connectivity index (χ4n) is 2.92. The van der Waals surface area contributed by atoms with Crippen LogP contribution in [0.3, 0.4) is 0 Å². The molecule has 1 aliphatic heterocycles. The summed E-state index contributed by atoms with van der Waals surface area (Å²) in [5.41, 5.74) is 1.94. The summed E-state index contributed by atoms with van der Waals surface area (Å²) in [6.07, 6.45) is 3.53. The van der Waals surface area contributed by atoms with E-state index in [1.807, 2.05) is 40.8 Å². The van der Waals surface area contributed by atoms with Gasteiger partial charge in [0, 0.05) is 38.0 Å². The number of nitrogens with zero attached hydrogens (tertiary/aromatic N) is 4. The van der Waals surface area contributed by atoms with Crippen LogP contribution in [0.2, 0.25) is 0 Å². The van der Waals surface area contributed by atoms with E-state index in [2.05, 4.69) is 10.1 Å². The lowest BCUT2D eigenvalue weighted by atomic mass is 10.1. The Balaban J connectivity index is 1.61. The summed E-state index contributed by atoms with van der Waals surface area (Å²) < 4.78 is 13.1. The third kappa shape index (κ3) is 4.87. The number of pyridine rings is 1. The Morgan fingerprint density at radius 2 is 2.16 bits per heavy atom. The van der Waals surface area contributed by atoms with E-state index >= 15 is 0 Å². The maximum Gasteiger partial charge on any atom is 0.248 e. The average Bonchev–Trinajstić information content (AvgIpc) is 2.99. The number of aromatic nitrogens is 3. The van der Waals surface area contributed by atoms with Crippen LogP contribution in [0.4, 0.5) is 0 Å². The van der Waals surface area contributed by atoms with E-state index in [4.69, 9.17) is 9.47 Å². The van der Waals surface area contributed by atoms with Crippen molar-refractivity contribution in [2.45, 2.75) is 26.6 Å². The van der Waals surface area contributed by atoms with E-state index in [1.54, 1.807) is 12.4 Å². The lowest BCUT2D eigenvalue weighted by Gasteiger charge is -2.24. The summed E-state index contributed by atoms with van der Waals surface area (Å²) in [7, 11) is 0. The third-order valence-corrected chi connectivity index (χ3v) is 4.18. The number of hydrogen-bond donors (Lipinski definition) is 0. The monoisotopic (exact) mass is 344 g/mol. The molecule has 1 amide bonds. The predicted molar refractivity (Wildman–Crippen MR) is 91.5 cm³/mol. The molecule has 2 aromatic heterocycles. The quantitative estimate of drug-likeness (QED) is 0.761. The van der Waals surface area contributed by atoms with Crippen molar-refractivity contribution in [1.82, 2.24) is 19.7 Å². The van der Waals surface area contributed by atoms with Crippen molar-refractivity contribution >= 4 is 5.91 Å². The number of fused-ring (bicyclic) bond motifs is 1. The van der Waals surface area contributed by atoms with E-state index in [0.717, 1.165) is 17.9 Å². The van der Waals surface area contributed by atoms with E-state index in [0.29, 0.717) is 32.9 Å². The highest BCUT2D eigenvalue weighted by Gasteiger charge is 2.25. The Kier molecular flexibility index (Phi) is 6.14. The lowest BCUT2D eigenvalue weighted by Crippen LogP contribution is -2.37. The fourth-order valence-corrected chi connectivity index (χ4v) is 2.92. The van der Waals surface area contributed by atoms with Crippen LogP contribution in [0.25, 0.3) is 0 Å². The highest BCUT2D eigenvalue weighted by molar-refractivity contribution is 5.77. The summed E-state index contributed by atoms with van der Waals surface area (Å²) in [6.45, 7) is 5.49. The van der Waals surface area contributed by atoms with Gasteiger partial charge in [-0.1, -0.05) is 6.07 Å². The summed E-state index contributed by atoms with van der Waals surface area (Å²) >= 11 is 0. The fraction of sp³-hybridized carbons (Fsp3) is 0.500. The van der Waals surface area contributed by atoms with E-state index in [-0.39, 0.29) is 18.4 Å². The maximum absolute atomic E-state index is 12.4. The zero-order valence-corrected chi connectivity index (χ0v) is 14.5. The average molecular weight is 344 g/mol. The molecule has 0 saturated carbocycles. The van der Waals surface area contributed by atoms with Crippen LogP contribution in [0, 0.1) is 5.92 Å². The first kappa shape index (κ1) is 17.6. The van der Waals surface area contributed by atoms with Crippen molar-refractivity contribution in [2.24, 2.45) is 5.92 Å². The first-order valence-electron chi connectivity index (χ1n) is 8.60. The Labute approximate surface area is 147 Å². The second-order valence-electron chi connectivity index (χ2n) is 6.12. The molecule has 0 fully saturated rings. The van der Waals surface area contributed by atoms with Crippen LogP contribution in [-0.2, 0) is 34.0 Å². The summed E-state index contributed by atoms with van der Waals surface area (Å²) in [5, 5.41) is 4.37. The molecule has 1 unspecified atom stereocenters. The molecule has 134 valence electrons. The molecule has 0 saturated heterocycles. The first-order chi connectivity index (χ1) is 12.3. The van der Waals surface area contributed by atoms with Gasteiger partial charge in [-0.05, 0) is 25.1 Å². The molecule has 0 spiro atoms. The number of hydrogen-bond acceptors (Lipinski definition) is 5. The molecule has 7 heteroatoms. The van der Waals surface area contributed by atoms with Gasteiger partial charge < -0.3 is 14.4 Å². The number of carbonyl (C=O) groups excluding carboxylic acids is 1. The van der Waals surface area contributed by atoms with Gasteiger partial charge in [0.05, 0.1) is 31.1 Å². The molecule has 2 aromatic rings. The van der Waals surface area contributed by atoms with Crippen molar-refractivity contribution in [2.75, 3.05) is 26.4 Å². The van der Waals surface area contributed by atoms with Gasteiger partial charge in [0.15, 0.2) is 0 Å². The molecule has 25 heavy (non-hydrogen) atoms. The first-order valence-corrected chi connectivity index (χ1v) is 8.60. The minimum Gasteiger partial charge on any atom is -0.375 e. The number of rotatable bonds is 7. The Bertz CT molecular complexity index is 674. The van der Waals surface area contributed by atoms with Crippen molar-refractivity contribution in [3.05, 3.63) is 48.0 Å². The molecule has 0 aliphatic carbocycles. The van der Waals surface area contributed by atoms with Crippen LogP contribution in [0.15, 0.2) is 36.7 Å². The van der Waals surface area contributed by atoms with Crippen LogP contribution in [0.1, 0.15) is 18.3 Å². The Morgan fingerprint density at radius 1 is 1.24 bits per heavy atom. The van der Waals surface area contributed by atoms with E-state index in [9.17, 15) is 4.79 Å². The van der Waals surface area contributed by atoms with Gasteiger partial charge in [0.25, 0.3) is 0 Å². The summed E-state index contributed by atoms with van der Waals surface area (Å²) in [4.78, 5) is 18.5. The molecule has 0 bridgehead atoms. The number of amides is 1. The van der Waals surface area contributed by atoms with Crippen LogP contribution in [-0.4, -0.2) is 51.9 Å².